The molecule has 1 N–H and O–H groups in total. The summed E-state index contributed by atoms with van der Waals surface area (Å²) < 4.78 is 40.1. The van der Waals surface area contributed by atoms with Crippen molar-refractivity contribution in [2.75, 3.05) is 25.3 Å². The van der Waals surface area contributed by atoms with Crippen LogP contribution in [0.4, 0.5) is 5.13 Å². The largest absolute Gasteiger partial charge is 0.488 e. The summed E-state index contributed by atoms with van der Waals surface area (Å²) in [5.41, 5.74) is 0.294. The maximum Gasteiger partial charge on any atom is 0.257 e. The van der Waals surface area contributed by atoms with Crippen LogP contribution in [0.2, 0.25) is 0 Å². The number of aromatic nitrogens is 2. The molecule has 11 heteroatoms. The Bertz CT molecular complexity index is 1190. The van der Waals surface area contributed by atoms with E-state index in [9.17, 15) is 13.2 Å². The monoisotopic (exact) mass is 477 g/mol. The highest BCUT2D eigenvalue weighted by molar-refractivity contribution is 7.90. The lowest BCUT2D eigenvalue weighted by atomic mass is 10.2. The number of nitrogens with one attached hydrogen (secondary N) is 1. The second-order valence-corrected chi connectivity index (χ2v) is 10.2. The molecule has 0 saturated carbocycles. The molecule has 0 aliphatic rings. The van der Waals surface area contributed by atoms with Gasteiger partial charge in [-0.15, -0.1) is 10.2 Å². The molecule has 0 aliphatic carbocycles. The summed E-state index contributed by atoms with van der Waals surface area (Å²) in [5, 5.41) is 11.6. The predicted molar refractivity (Wildman–Crippen MR) is 121 cm³/mol. The van der Waals surface area contributed by atoms with Crippen LogP contribution in [0.1, 0.15) is 22.3 Å². The molecule has 3 rings (SSSR count). The number of ether oxygens (including phenoxy) is 3. The summed E-state index contributed by atoms with van der Waals surface area (Å²) >= 11 is 1.26. The minimum absolute atomic E-state index is 0.183. The highest BCUT2D eigenvalue weighted by Crippen LogP contribution is 2.29. The van der Waals surface area contributed by atoms with E-state index in [1.54, 1.807) is 44.4 Å². The van der Waals surface area contributed by atoms with Crippen molar-refractivity contribution in [3.05, 3.63) is 53.0 Å². The topological polar surface area (TPSA) is 117 Å². The number of benzene rings is 2. The van der Waals surface area contributed by atoms with Crippen LogP contribution in [0.5, 0.6) is 17.2 Å². The van der Waals surface area contributed by atoms with Gasteiger partial charge in [-0.25, -0.2) is 8.42 Å². The lowest BCUT2D eigenvalue weighted by Gasteiger charge is -2.16. The Morgan fingerprint density at radius 1 is 1.09 bits per heavy atom. The first kappa shape index (κ1) is 23.6. The van der Waals surface area contributed by atoms with Crippen molar-refractivity contribution in [1.29, 1.82) is 0 Å². The average molecular weight is 478 g/mol. The summed E-state index contributed by atoms with van der Waals surface area (Å²) in [6.45, 7) is 3.99. The molecule has 0 saturated heterocycles. The summed E-state index contributed by atoms with van der Waals surface area (Å²) in [7, 11) is -1.74. The second kappa shape index (κ2) is 10.1. The van der Waals surface area contributed by atoms with E-state index >= 15 is 0 Å². The molecule has 0 unspecified atom stereocenters. The maximum absolute atomic E-state index is 12.8. The number of amides is 1. The van der Waals surface area contributed by atoms with Crippen LogP contribution in [-0.2, 0) is 14.6 Å². The third-order valence-electron chi connectivity index (χ3n) is 4.11. The van der Waals surface area contributed by atoms with Gasteiger partial charge in [-0.1, -0.05) is 11.3 Å². The maximum atomic E-state index is 12.8. The lowest BCUT2D eigenvalue weighted by Crippen LogP contribution is -2.18. The van der Waals surface area contributed by atoms with E-state index in [1.165, 1.54) is 23.5 Å². The van der Waals surface area contributed by atoms with Crippen LogP contribution < -0.4 is 14.8 Å². The Morgan fingerprint density at radius 2 is 1.78 bits per heavy atom. The van der Waals surface area contributed by atoms with Crippen molar-refractivity contribution in [3.8, 4) is 17.2 Å². The number of anilines is 1. The number of sulfone groups is 1. The molecule has 0 bridgehead atoms. The summed E-state index contributed by atoms with van der Waals surface area (Å²) in [4.78, 5) is 13.0. The molecular weight excluding hydrogens is 454 g/mol. The Morgan fingerprint density at radius 3 is 2.38 bits per heavy atom. The molecule has 1 aromatic heterocycles. The minimum atomic E-state index is -3.31. The van der Waals surface area contributed by atoms with E-state index in [2.05, 4.69) is 15.5 Å². The fourth-order valence-corrected chi connectivity index (χ4v) is 3.96. The quantitative estimate of drug-likeness (QED) is 0.496. The first-order valence-electron chi connectivity index (χ1n) is 9.54. The molecule has 0 spiro atoms. The zero-order valence-electron chi connectivity index (χ0n) is 18.0. The number of aryl methyl sites for hydroxylation is 1. The van der Waals surface area contributed by atoms with Gasteiger partial charge >= 0.3 is 0 Å². The number of rotatable bonds is 9. The molecule has 32 heavy (non-hydrogen) atoms. The smallest absolute Gasteiger partial charge is 0.257 e. The molecule has 0 aliphatic heterocycles. The van der Waals surface area contributed by atoms with Crippen LogP contribution in [0, 0.1) is 6.92 Å². The predicted octanol–water partition coefficient (Wildman–Crippen LogP) is 3.71. The fourth-order valence-electron chi connectivity index (χ4n) is 2.74. The standard InChI is InChI=1S/C21H23N3O6S2/c1-13(12-28-3)29-17-9-15(20(25)22-21-24-23-14(2)31-21)10-18(11-17)30-16-5-7-19(8-6-16)32(4,26)27/h5-11,13H,12H2,1-4H3,(H,22,24,25)/t13-/m0/s1. The third-order valence-corrected chi connectivity index (χ3v) is 6.00. The molecule has 0 radical (unpaired) electrons. The number of methoxy groups -OCH3 is 1. The van der Waals surface area contributed by atoms with Gasteiger partial charge in [0.25, 0.3) is 5.91 Å². The molecule has 0 fully saturated rings. The van der Waals surface area contributed by atoms with Gasteiger partial charge in [-0.05, 0) is 50.2 Å². The van der Waals surface area contributed by atoms with Gasteiger partial charge in [0, 0.05) is 25.0 Å². The van der Waals surface area contributed by atoms with Crippen molar-refractivity contribution in [2.24, 2.45) is 0 Å². The second-order valence-electron chi connectivity index (χ2n) is 7.00. The van der Waals surface area contributed by atoms with Crippen molar-refractivity contribution in [2.45, 2.75) is 24.8 Å². The lowest BCUT2D eigenvalue weighted by molar-refractivity contribution is 0.0916. The number of carbonyl (C=O) groups excluding carboxylic acids is 1. The number of carbonyl (C=O) groups is 1. The van der Waals surface area contributed by atoms with Gasteiger partial charge in [0.15, 0.2) is 9.84 Å². The molecule has 1 amide bonds. The van der Waals surface area contributed by atoms with Gasteiger partial charge < -0.3 is 14.2 Å². The summed E-state index contributed by atoms with van der Waals surface area (Å²) in [6.07, 6.45) is 0.876. The van der Waals surface area contributed by atoms with E-state index < -0.39 is 15.7 Å². The van der Waals surface area contributed by atoms with E-state index in [1.807, 2.05) is 6.92 Å². The van der Waals surface area contributed by atoms with Gasteiger partial charge in [0.1, 0.15) is 28.4 Å². The number of hydrogen-bond donors (Lipinski definition) is 1. The Balaban J connectivity index is 1.87. The number of nitrogens with zero attached hydrogens (tertiary/aromatic N) is 2. The molecular formula is C21H23N3O6S2. The summed E-state index contributed by atoms with van der Waals surface area (Å²) in [5.74, 6) is 0.769. The van der Waals surface area contributed by atoms with Gasteiger partial charge in [0.2, 0.25) is 5.13 Å². The average Bonchev–Trinajstić information content (AvgIpc) is 3.12. The third kappa shape index (κ3) is 6.49. The van der Waals surface area contributed by atoms with Gasteiger partial charge in [0.05, 0.1) is 11.5 Å². The molecule has 1 heterocycles. The van der Waals surface area contributed by atoms with Crippen molar-refractivity contribution in [1.82, 2.24) is 10.2 Å². The first-order valence-corrected chi connectivity index (χ1v) is 12.2. The molecule has 3 aromatic rings. The molecule has 1 atom stereocenters. The highest BCUT2D eigenvalue weighted by atomic mass is 32.2. The van der Waals surface area contributed by atoms with Crippen molar-refractivity contribution < 1.29 is 27.4 Å². The molecule has 170 valence electrons. The first-order chi connectivity index (χ1) is 15.1. The van der Waals surface area contributed by atoms with E-state index in [4.69, 9.17) is 14.2 Å². The SMILES string of the molecule is COC[C@H](C)Oc1cc(Oc2ccc(S(C)(=O)=O)cc2)cc(C(=O)Nc2nnc(C)s2)c1. The minimum Gasteiger partial charge on any atom is -0.488 e. The zero-order valence-corrected chi connectivity index (χ0v) is 19.6. The van der Waals surface area contributed by atoms with Crippen LogP contribution in [0.15, 0.2) is 47.4 Å². The van der Waals surface area contributed by atoms with Crippen molar-refractivity contribution >= 4 is 32.2 Å². The van der Waals surface area contributed by atoms with Crippen LogP contribution in [-0.4, -0.2) is 50.6 Å². The molecule has 2 aromatic carbocycles. The molecule has 9 nitrogen and oxygen atoms in total. The number of hydrogen-bond acceptors (Lipinski definition) is 9. The van der Waals surface area contributed by atoms with Crippen molar-refractivity contribution in [3.63, 3.8) is 0 Å². The van der Waals surface area contributed by atoms with E-state index in [0.717, 1.165) is 11.3 Å². The zero-order chi connectivity index (χ0) is 23.3. The Labute approximate surface area is 190 Å². The van der Waals surface area contributed by atoms with Gasteiger partial charge in [-0.2, -0.15) is 0 Å². The van der Waals surface area contributed by atoms with Crippen LogP contribution in [0.3, 0.4) is 0 Å². The van der Waals surface area contributed by atoms with Gasteiger partial charge in [-0.3, -0.25) is 10.1 Å². The fraction of sp³-hybridized carbons (Fsp3) is 0.286. The van der Waals surface area contributed by atoms with Crippen LogP contribution in [0.25, 0.3) is 0 Å². The van der Waals surface area contributed by atoms with E-state index in [-0.39, 0.29) is 11.0 Å². The Kier molecular flexibility index (Phi) is 7.44. The van der Waals surface area contributed by atoms with Crippen LogP contribution >= 0.6 is 11.3 Å². The highest BCUT2D eigenvalue weighted by Gasteiger charge is 2.15. The summed E-state index contributed by atoms with van der Waals surface area (Å²) in [6, 6.07) is 10.8. The Hall–Kier alpha value is -3.02. The normalized spacial score (nSPS) is 12.2. The van der Waals surface area contributed by atoms with E-state index in [0.29, 0.717) is 34.6 Å².